The Hall–Kier alpha value is -1.63. The summed E-state index contributed by atoms with van der Waals surface area (Å²) in [6.45, 7) is 0. The number of hydrogen-bond donors (Lipinski definition) is 2. The van der Waals surface area contributed by atoms with Crippen LogP contribution in [0.25, 0.3) is 0 Å². The first-order chi connectivity index (χ1) is 8.89. The minimum atomic E-state index is -3.39. The quantitative estimate of drug-likeness (QED) is 0.861. The number of carboxylic acid groups (broad SMARTS) is 1. The molecule has 19 heavy (non-hydrogen) atoms. The van der Waals surface area contributed by atoms with Gasteiger partial charge < -0.3 is 10.4 Å². The number of anilines is 1. The van der Waals surface area contributed by atoms with Gasteiger partial charge in [-0.25, -0.2) is 13.4 Å². The second kappa shape index (κ2) is 5.16. The number of hydrogen-bond acceptors (Lipinski definition) is 5. The topological polar surface area (TPSA) is 96.4 Å². The van der Waals surface area contributed by atoms with Crippen LogP contribution in [-0.4, -0.2) is 36.8 Å². The molecule has 2 N–H and O–H groups in total. The number of nitrogens with zero attached hydrogens (tertiary/aromatic N) is 1. The van der Waals surface area contributed by atoms with Crippen molar-refractivity contribution in [1.82, 2.24) is 4.98 Å². The van der Waals surface area contributed by atoms with E-state index in [1.165, 1.54) is 12.3 Å². The van der Waals surface area contributed by atoms with Crippen LogP contribution in [0.1, 0.15) is 19.3 Å². The molecular weight excluding hydrogens is 268 g/mol. The van der Waals surface area contributed by atoms with E-state index >= 15 is 0 Å². The van der Waals surface area contributed by atoms with Crippen LogP contribution < -0.4 is 5.32 Å². The van der Waals surface area contributed by atoms with Crippen molar-refractivity contribution in [3.63, 3.8) is 0 Å². The van der Waals surface area contributed by atoms with Gasteiger partial charge in [0.1, 0.15) is 10.7 Å². The van der Waals surface area contributed by atoms with Crippen LogP contribution in [0.5, 0.6) is 0 Å². The molecule has 0 radical (unpaired) electrons. The highest BCUT2D eigenvalue weighted by atomic mass is 32.2. The van der Waals surface area contributed by atoms with Crippen molar-refractivity contribution >= 4 is 21.6 Å². The first-order valence-electron chi connectivity index (χ1n) is 6.04. The van der Waals surface area contributed by atoms with E-state index in [1.54, 1.807) is 6.07 Å². The molecule has 0 saturated heterocycles. The predicted octanol–water partition coefficient (Wildman–Crippen LogP) is 1.15. The molecule has 1 fully saturated rings. The molecule has 7 heteroatoms. The van der Waals surface area contributed by atoms with Crippen LogP contribution in [0.3, 0.4) is 0 Å². The molecule has 0 spiro atoms. The van der Waals surface area contributed by atoms with E-state index in [0.29, 0.717) is 12.8 Å². The first kappa shape index (κ1) is 13.8. The van der Waals surface area contributed by atoms with E-state index in [-0.39, 0.29) is 16.8 Å². The molecule has 0 amide bonds. The van der Waals surface area contributed by atoms with Crippen molar-refractivity contribution in [3.8, 4) is 0 Å². The summed E-state index contributed by atoms with van der Waals surface area (Å²) in [5.41, 5.74) is 0. The van der Waals surface area contributed by atoms with Crippen molar-refractivity contribution < 1.29 is 18.3 Å². The Balaban J connectivity index is 2.27. The summed E-state index contributed by atoms with van der Waals surface area (Å²) in [6, 6.07) is 2.74. The molecule has 104 valence electrons. The van der Waals surface area contributed by atoms with Gasteiger partial charge in [0.2, 0.25) is 0 Å². The molecule has 1 aliphatic carbocycles. The Morgan fingerprint density at radius 1 is 1.47 bits per heavy atom. The molecule has 1 heterocycles. The van der Waals surface area contributed by atoms with Crippen LogP contribution in [0.2, 0.25) is 0 Å². The number of pyridine rings is 1. The van der Waals surface area contributed by atoms with Crippen molar-refractivity contribution in [2.45, 2.75) is 30.2 Å². The van der Waals surface area contributed by atoms with E-state index in [4.69, 9.17) is 5.11 Å². The third-order valence-corrected chi connectivity index (χ3v) is 4.45. The number of carbonyl (C=O) groups is 1. The number of nitrogens with one attached hydrogen (secondary N) is 1. The van der Waals surface area contributed by atoms with Crippen LogP contribution in [-0.2, 0) is 14.6 Å². The maximum absolute atomic E-state index is 11.6. The zero-order chi connectivity index (χ0) is 14.0. The first-order valence-corrected chi connectivity index (χ1v) is 7.93. The third-order valence-electron chi connectivity index (χ3n) is 3.33. The molecular formula is C12H16N2O4S. The van der Waals surface area contributed by atoms with Crippen LogP contribution in [0.4, 0.5) is 5.82 Å². The summed E-state index contributed by atoms with van der Waals surface area (Å²) in [7, 11) is -3.39. The van der Waals surface area contributed by atoms with Crippen molar-refractivity contribution in [1.29, 1.82) is 0 Å². The number of aromatic nitrogens is 1. The molecule has 1 saturated carbocycles. The lowest BCUT2D eigenvalue weighted by molar-refractivity contribution is -0.141. The van der Waals surface area contributed by atoms with Gasteiger partial charge in [0.25, 0.3) is 0 Å². The fourth-order valence-corrected chi connectivity index (χ4v) is 3.19. The highest BCUT2D eigenvalue weighted by molar-refractivity contribution is 7.90. The number of rotatable bonds is 4. The lowest BCUT2D eigenvalue weighted by Gasteiger charge is -2.19. The summed E-state index contributed by atoms with van der Waals surface area (Å²) in [5, 5.41) is 12.1. The molecule has 1 aromatic rings. The Morgan fingerprint density at radius 3 is 2.84 bits per heavy atom. The monoisotopic (exact) mass is 284 g/mol. The number of aliphatic carboxylic acids is 1. The zero-order valence-electron chi connectivity index (χ0n) is 10.5. The largest absolute Gasteiger partial charge is 0.481 e. The van der Waals surface area contributed by atoms with Gasteiger partial charge in [-0.3, -0.25) is 4.79 Å². The third kappa shape index (κ3) is 3.04. The smallest absolute Gasteiger partial charge is 0.308 e. The zero-order valence-corrected chi connectivity index (χ0v) is 11.4. The maximum atomic E-state index is 11.6. The minimum Gasteiger partial charge on any atom is -0.481 e. The van der Waals surface area contributed by atoms with Crippen LogP contribution >= 0.6 is 0 Å². The lowest BCUT2D eigenvalue weighted by atomic mass is 10.0. The van der Waals surface area contributed by atoms with Gasteiger partial charge in [0, 0.05) is 18.5 Å². The molecule has 2 rings (SSSR count). The summed E-state index contributed by atoms with van der Waals surface area (Å²) >= 11 is 0. The summed E-state index contributed by atoms with van der Waals surface area (Å²) in [4.78, 5) is 15.2. The van der Waals surface area contributed by atoms with Crippen molar-refractivity contribution in [3.05, 3.63) is 18.3 Å². The van der Waals surface area contributed by atoms with Gasteiger partial charge in [-0.15, -0.1) is 0 Å². The Labute approximate surface area is 111 Å². The van der Waals surface area contributed by atoms with E-state index in [9.17, 15) is 13.2 Å². The summed E-state index contributed by atoms with van der Waals surface area (Å²) in [6.07, 6.45) is 4.72. The molecule has 0 bridgehead atoms. The maximum Gasteiger partial charge on any atom is 0.308 e. The Kier molecular flexibility index (Phi) is 3.75. The van der Waals surface area contributed by atoms with Crippen molar-refractivity contribution in [2.75, 3.05) is 11.6 Å². The Bertz CT molecular complexity index is 585. The predicted molar refractivity (Wildman–Crippen MR) is 69.7 cm³/mol. The van der Waals surface area contributed by atoms with Gasteiger partial charge in [-0.05, 0) is 25.0 Å². The van der Waals surface area contributed by atoms with E-state index in [2.05, 4.69) is 10.3 Å². The lowest BCUT2D eigenvalue weighted by Crippen LogP contribution is -2.30. The standard InChI is InChI=1S/C12H16N2O4S/c1-19(17,18)10-6-3-7-13-11(10)14-9-5-2-4-8(9)12(15)16/h3,6-9H,2,4-5H2,1H3,(H,13,14)(H,15,16). The molecule has 0 aromatic carbocycles. The highest BCUT2D eigenvalue weighted by Gasteiger charge is 2.33. The Morgan fingerprint density at radius 2 is 2.21 bits per heavy atom. The number of sulfone groups is 1. The van der Waals surface area contributed by atoms with Gasteiger partial charge in [0.15, 0.2) is 9.84 Å². The average Bonchev–Trinajstić information content (AvgIpc) is 2.76. The fraction of sp³-hybridized carbons (Fsp3) is 0.500. The van der Waals surface area contributed by atoms with Gasteiger partial charge in [0.05, 0.1) is 5.92 Å². The second-order valence-corrected chi connectivity index (χ2v) is 6.73. The molecule has 2 unspecified atom stereocenters. The van der Waals surface area contributed by atoms with E-state index in [0.717, 1.165) is 12.7 Å². The van der Waals surface area contributed by atoms with Crippen molar-refractivity contribution in [2.24, 2.45) is 5.92 Å². The second-order valence-electron chi connectivity index (χ2n) is 4.75. The molecule has 1 aromatic heterocycles. The molecule has 2 atom stereocenters. The van der Waals surface area contributed by atoms with E-state index < -0.39 is 21.7 Å². The SMILES string of the molecule is CS(=O)(=O)c1cccnc1NC1CCCC1C(=O)O. The molecule has 1 aliphatic rings. The van der Waals surface area contributed by atoms with Crippen LogP contribution in [0, 0.1) is 5.92 Å². The van der Waals surface area contributed by atoms with Crippen LogP contribution in [0.15, 0.2) is 23.2 Å². The van der Waals surface area contributed by atoms with E-state index in [1.807, 2.05) is 0 Å². The normalized spacial score (nSPS) is 23.2. The summed E-state index contributed by atoms with van der Waals surface area (Å²) in [5.74, 6) is -1.11. The fourth-order valence-electron chi connectivity index (χ4n) is 2.40. The molecule has 6 nitrogen and oxygen atoms in total. The van der Waals surface area contributed by atoms with Gasteiger partial charge in [-0.2, -0.15) is 0 Å². The van der Waals surface area contributed by atoms with Gasteiger partial charge >= 0.3 is 5.97 Å². The molecule has 0 aliphatic heterocycles. The highest BCUT2D eigenvalue weighted by Crippen LogP contribution is 2.30. The average molecular weight is 284 g/mol. The minimum absolute atomic E-state index is 0.103. The summed E-state index contributed by atoms with van der Waals surface area (Å²) < 4.78 is 23.3. The number of carboxylic acids is 1. The van der Waals surface area contributed by atoms with Gasteiger partial charge in [-0.1, -0.05) is 6.42 Å².